The lowest BCUT2D eigenvalue weighted by Gasteiger charge is -2.39. The molecule has 0 bridgehead atoms. The number of carbonyl (C=O) groups is 1. The van der Waals surface area contributed by atoms with E-state index in [9.17, 15) is 4.79 Å². The van der Waals surface area contributed by atoms with Crippen molar-refractivity contribution in [1.29, 1.82) is 0 Å². The van der Waals surface area contributed by atoms with Crippen LogP contribution in [0.2, 0.25) is 0 Å². The van der Waals surface area contributed by atoms with E-state index in [0.29, 0.717) is 12.3 Å². The molecule has 1 aromatic carbocycles. The zero-order chi connectivity index (χ0) is 19.2. The fraction of sp³-hybridized carbons (Fsp3) is 0.682. The number of hydrogen-bond donors (Lipinski definition) is 2. The van der Waals surface area contributed by atoms with E-state index in [1.54, 1.807) is 0 Å². The predicted molar refractivity (Wildman–Crippen MR) is 107 cm³/mol. The van der Waals surface area contributed by atoms with E-state index in [1.807, 2.05) is 0 Å². The van der Waals surface area contributed by atoms with Gasteiger partial charge in [-0.2, -0.15) is 0 Å². The average molecular weight is 362 g/mol. The van der Waals surface area contributed by atoms with E-state index in [2.05, 4.69) is 64.4 Å². The van der Waals surface area contributed by atoms with Gasteiger partial charge < -0.3 is 15.0 Å². The molecule has 2 rings (SSSR count). The fourth-order valence-electron chi connectivity index (χ4n) is 3.93. The summed E-state index contributed by atoms with van der Waals surface area (Å²) in [6.45, 7) is 9.06. The lowest BCUT2D eigenvalue weighted by molar-refractivity contribution is -0.858. The van der Waals surface area contributed by atoms with Crippen LogP contribution in [0.4, 0.5) is 0 Å². The molecule has 26 heavy (non-hydrogen) atoms. The molecule has 0 spiro atoms. The zero-order valence-electron chi connectivity index (χ0n) is 17.2. The number of nitrogens with one attached hydrogen (secondary N) is 2. The minimum absolute atomic E-state index is 0.100. The number of ether oxygens (including phenoxy) is 1. The molecular weight excluding hydrogens is 324 g/mol. The van der Waals surface area contributed by atoms with Crippen LogP contribution in [0.3, 0.4) is 0 Å². The van der Waals surface area contributed by atoms with E-state index in [-0.39, 0.29) is 17.4 Å². The highest BCUT2D eigenvalue weighted by Crippen LogP contribution is 2.40. The summed E-state index contributed by atoms with van der Waals surface area (Å²) in [6.07, 6.45) is 3.62. The van der Waals surface area contributed by atoms with Gasteiger partial charge >= 0.3 is 0 Å². The van der Waals surface area contributed by atoms with Gasteiger partial charge in [0, 0.05) is 26.0 Å². The molecule has 1 saturated heterocycles. The molecule has 1 aliphatic heterocycles. The third kappa shape index (κ3) is 6.73. The van der Waals surface area contributed by atoms with E-state index in [1.165, 1.54) is 16.0 Å². The second kappa shape index (κ2) is 9.52. The van der Waals surface area contributed by atoms with Gasteiger partial charge in [-0.3, -0.25) is 4.79 Å². The first kappa shape index (κ1) is 20.9. The third-order valence-electron chi connectivity index (χ3n) is 5.39. The summed E-state index contributed by atoms with van der Waals surface area (Å²) in [7, 11) is 4.28. The number of benzene rings is 1. The molecule has 2 N–H and O–H groups in total. The Morgan fingerprint density at radius 3 is 2.62 bits per heavy atom. The topological polar surface area (TPSA) is 42.8 Å². The SMILES string of the molecule is Cc1ccc([C@@H](CC(=O)NCCC[NH+](C)C)[C@H]2CCOC(C)(C)C2)cc1. The van der Waals surface area contributed by atoms with E-state index in [4.69, 9.17) is 4.74 Å². The van der Waals surface area contributed by atoms with Gasteiger partial charge in [-0.15, -0.1) is 0 Å². The molecule has 2 atom stereocenters. The molecule has 0 saturated carbocycles. The first-order valence-electron chi connectivity index (χ1n) is 10.0. The van der Waals surface area contributed by atoms with Crippen LogP contribution in [0.5, 0.6) is 0 Å². The minimum Gasteiger partial charge on any atom is -0.376 e. The molecule has 0 aromatic heterocycles. The predicted octanol–water partition coefficient (Wildman–Crippen LogP) is 2.32. The molecule has 0 radical (unpaired) electrons. The van der Waals surface area contributed by atoms with Crippen molar-refractivity contribution in [2.45, 2.75) is 58.0 Å². The van der Waals surface area contributed by atoms with Crippen LogP contribution in [0.15, 0.2) is 24.3 Å². The van der Waals surface area contributed by atoms with Gasteiger partial charge in [0.1, 0.15) is 0 Å². The molecule has 1 aromatic rings. The van der Waals surface area contributed by atoms with Crippen LogP contribution < -0.4 is 10.2 Å². The fourth-order valence-corrected chi connectivity index (χ4v) is 3.93. The summed E-state index contributed by atoms with van der Waals surface area (Å²) in [4.78, 5) is 14.0. The maximum absolute atomic E-state index is 12.6. The largest absolute Gasteiger partial charge is 0.376 e. The number of amides is 1. The van der Waals surface area contributed by atoms with Crippen LogP contribution in [0, 0.1) is 12.8 Å². The lowest BCUT2D eigenvalue weighted by atomic mass is 9.75. The quantitative estimate of drug-likeness (QED) is 0.698. The lowest BCUT2D eigenvalue weighted by Crippen LogP contribution is -3.05. The van der Waals surface area contributed by atoms with Gasteiger partial charge in [-0.05, 0) is 51.0 Å². The zero-order valence-corrected chi connectivity index (χ0v) is 17.2. The summed E-state index contributed by atoms with van der Waals surface area (Å²) < 4.78 is 5.90. The number of rotatable bonds is 8. The van der Waals surface area contributed by atoms with Crippen molar-refractivity contribution in [2.75, 3.05) is 33.8 Å². The Morgan fingerprint density at radius 1 is 1.31 bits per heavy atom. The molecule has 1 aliphatic rings. The number of aryl methyl sites for hydroxylation is 1. The Kier molecular flexibility index (Phi) is 7.66. The van der Waals surface area contributed by atoms with E-state index in [0.717, 1.165) is 39.0 Å². The standard InChI is InChI=1S/C22H36N2O2/c1-17-7-9-18(10-8-17)20(19-11-14-26-22(2,3)16-19)15-21(25)23-12-6-13-24(4)5/h7-10,19-20H,6,11-16H2,1-5H3,(H,23,25)/p+1/t19-,20+/m0/s1. The highest BCUT2D eigenvalue weighted by atomic mass is 16.5. The second-order valence-corrected chi connectivity index (χ2v) is 8.74. The summed E-state index contributed by atoms with van der Waals surface area (Å²) in [5.41, 5.74) is 2.44. The maximum Gasteiger partial charge on any atom is 0.220 e. The van der Waals surface area contributed by atoms with Crippen molar-refractivity contribution in [3.63, 3.8) is 0 Å². The van der Waals surface area contributed by atoms with Crippen LogP contribution in [0.1, 0.15) is 56.6 Å². The van der Waals surface area contributed by atoms with E-state index < -0.39 is 0 Å². The van der Waals surface area contributed by atoms with Crippen LogP contribution in [0.25, 0.3) is 0 Å². The number of carbonyl (C=O) groups excluding carboxylic acids is 1. The molecule has 4 nitrogen and oxygen atoms in total. The molecule has 1 heterocycles. The van der Waals surface area contributed by atoms with Crippen LogP contribution in [-0.2, 0) is 9.53 Å². The molecule has 0 unspecified atom stereocenters. The minimum atomic E-state index is -0.100. The smallest absolute Gasteiger partial charge is 0.220 e. The first-order chi connectivity index (χ1) is 12.3. The number of hydrogen-bond acceptors (Lipinski definition) is 2. The highest BCUT2D eigenvalue weighted by molar-refractivity contribution is 5.76. The Morgan fingerprint density at radius 2 is 2.00 bits per heavy atom. The molecule has 4 heteroatoms. The van der Waals surface area contributed by atoms with Crippen molar-refractivity contribution < 1.29 is 14.4 Å². The summed E-state index contributed by atoms with van der Waals surface area (Å²) >= 11 is 0. The van der Waals surface area contributed by atoms with Crippen molar-refractivity contribution in [3.05, 3.63) is 35.4 Å². The Hall–Kier alpha value is -1.39. The molecule has 1 fully saturated rings. The Balaban J connectivity index is 2.03. The molecular formula is C22H37N2O2+. The molecule has 0 aliphatic carbocycles. The molecule has 1 amide bonds. The summed E-state index contributed by atoms with van der Waals surface area (Å²) in [5, 5.41) is 3.13. The average Bonchev–Trinajstić information content (AvgIpc) is 2.56. The summed E-state index contributed by atoms with van der Waals surface area (Å²) in [5.74, 6) is 0.922. The second-order valence-electron chi connectivity index (χ2n) is 8.74. The highest BCUT2D eigenvalue weighted by Gasteiger charge is 2.35. The van der Waals surface area contributed by atoms with Gasteiger partial charge in [-0.1, -0.05) is 29.8 Å². The van der Waals surface area contributed by atoms with Gasteiger partial charge in [-0.25, -0.2) is 0 Å². The van der Waals surface area contributed by atoms with Crippen molar-refractivity contribution in [3.8, 4) is 0 Å². The van der Waals surface area contributed by atoms with Crippen LogP contribution >= 0.6 is 0 Å². The van der Waals surface area contributed by atoms with Gasteiger partial charge in [0.05, 0.1) is 26.2 Å². The summed E-state index contributed by atoms with van der Waals surface area (Å²) in [6, 6.07) is 8.71. The third-order valence-corrected chi connectivity index (χ3v) is 5.39. The Bertz CT molecular complexity index is 566. The van der Waals surface area contributed by atoms with Crippen LogP contribution in [-0.4, -0.2) is 45.3 Å². The van der Waals surface area contributed by atoms with Crippen molar-refractivity contribution >= 4 is 5.91 Å². The van der Waals surface area contributed by atoms with Gasteiger partial charge in [0.2, 0.25) is 5.91 Å². The van der Waals surface area contributed by atoms with Gasteiger partial charge in [0.25, 0.3) is 0 Å². The normalized spacial score (nSPS) is 20.8. The van der Waals surface area contributed by atoms with Crippen molar-refractivity contribution in [2.24, 2.45) is 5.92 Å². The molecule has 146 valence electrons. The monoisotopic (exact) mass is 361 g/mol. The maximum atomic E-state index is 12.6. The first-order valence-corrected chi connectivity index (χ1v) is 10.0. The van der Waals surface area contributed by atoms with Crippen molar-refractivity contribution in [1.82, 2.24) is 5.32 Å². The van der Waals surface area contributed by atoms with E-state index >= 15 is 0 Å². The Labute approximate surface area is 159 Å². The number of quaternary nitrogens is 1. The van der Waals surface area contributed by atoms with Gasteiger partial charge in [0.15, 0.2) is 0 Å².